The topological polar surface area (TPSA) is 115 Å². The van der Waals surface area contributed by atoms with Crippen LogP contribution < -0.4 is 20.3 Å². The van der Waals surface area contributed by atoms with Crippen molar-refractivity contribution in [2.24, 2.45) is 0 Å². The molecule has 0 spiro atoms. The first kappa shape index (κ1) is 28.2. The summed E-state index contributed by atoms with van der Waals surface area (Å²) in [5, 5.41) is 16.5. The van der Waals surface area contributed by atoms with E-state index in [2.05, 4.69) is 56.4 Å². The Morgan fingerprint density at radius 1 is 1.12 bits per heavy atom. The third-order valence-corrected chi connectivity index (χ3v) is 8.69. The van der Waals surface area contributed by atoms with E-state index in [0.29, 0.717) is 17.6 Å². The van der Waals surface area contributed by atoms with Crippen LogP contribution in [0.1, 0.15) is 60.3 Å². The van der Waals surface area contributed by atoms with Gasteiger partial charge in [-0.15, -0.1) is 0 Å². The van der Waals surface area contributed by atoms with Crippen molar-refractivity contribution in [3.05, 3.63) is 64.6 Å². The average Bonchev–Trinajstić information content (AvgIpc) is 2.98. The fourth-order valence-corrected chi connectivity index (χ4v) is 6.10. The van der Waals surface area contributed by atoms with Crippen LogP contribution in [-0.2, 0) is 17.6 Å². The molecule has 0 amide bonds. The molecule has 10 heteroatoms. The molecule has 1 atom stereocenters. The molecule has 4 N–H and O–H groups in total. The fourth-order valence-electron chi connectivity index (χ4n) is 5.36. The fraction of sp³-hybridized carbons (Fsp3) is 0.467. The third kappa shape index (κ3) is 6.67. The molecule has 40 heavy (non-hydrogen) atoms. The van der Waals surface area contributed by atoms with Crippen LogP contribution in [0.2, 0.25) is 0 Å². The van der Waals surface area contributed by atoms with E-state index in [4.69, 9.17) is 9.97 Å². The molecule has 1 aromatic carbocycles. The Balaban J connectivity index is 1.20. The number of aliphatic carboxylic acids is 1. The van der Waals surface area contributed by atoms with Gasteiger partial charge in [0.15, 0.2) is 0 Å². The SMILES string of the molecule is CCc1ccc(SN[C@@H](CNc2nc(C)nc(N3CCC(c4ccc5c(n4)NCCC5)CC3)c2C)C(=O)O)cc1. The van der Waals surface area contributed by atoms with Gasteiger partial charge >= 0.3 is 5.97 Å². The maximum Gasteiger partial charge on any atom is 0.323 e. The van der Waals surface area contributed by atoms with Crippen molar-refractivity contribution in [2.75, 3.05) is 41.7 Å². The zero-order valence-electron chi connectivity index (χ0n) is 23.5. The number of rotatable bonds is 10. The second kappa shape index (κ2) is 12.9. The average molecular weight is 562 g/mol. The number of carbonyl (C=O) groups is 1. The van der Waals surface area contributed by atoms with Gasteiger partial charge in [0.2, 0.25) is 0 Å². The normalized spacial score (nSPS) is 16.2. The van der Waals surface area contributed by atoms with E-state index >= 15 is 0 Å². The summed E-state index contributed by atoms with van der Waals surface area (Å²) in [7, 11) is 0. The Kier molecular flexibility index (Phi) is 9.06. The maximum absolute atomic E-state index is 12.0. The van der Waals surface area contributed by atoms with E-state index in [9.17, 15) is 9.90 Å². The Labute approximate surface area is 240 Å². The molecule has 1 fully saturated rings. The molecule has 0 saturated carbocycles. The number of pyridine rings is 1. The molecule has 9 nitrogen and oxygen atoms in total. The minimum atomic E-state index is -0.915. The van der Waals surface area contributed by atoms with Gasteiger partial charge < -0.3 is 20.6 Å². The highest BCUT2D eigenvalue weighted by Crippen LogP contribution is 2.33. The van der Waals surface area contributed by atoms with E-state index in [1.54, 1.807) is 0 Å². The smallest absolute Gasteiger partial charge is 0.323 e. The minimum Gasteiger partial charge on any atom is -0.480 e. The van der Waals surface area contributed by atoms with Crippen molar-refractivity contribution in [1.82, 2.24) is 19.7 Å². The number of carboxylic acids is 1. The third-order valence-electron chi connectivity index (χ3n) is 7.78. The van der Waals surface area contributed by atoms with Crippen LogP contribution in [0, 0.1) is 13.8 Å². The van der Waals surface area contributed by atoms with Gasteiger partial charge in [0.25, 0.3) is 0 Å². The zero-order valence-corrected chi connectivity index (χ0v) is 24.4. The summed E-state index contributed by atoms with van der Waals surface area (Å²) >= 11 is 1.33. The molecular weight excluding hydrogens is 522 g/mol. The zero-order chi connectivity index (χ0) is 28.1. The Hall–Kier alpha value is -3.37. The van der Waals surface area contributed by atoms with Gasteiger partial charge in [-0.05, 0) is 87.2 Å². The first-order valence-electron chi connectivity index (χ1n) is 14.2. The van der Waals surface area contributed by atoms with E-state index < -0.39 is 12.0 Å². The van der Waals surface area contributed by atoms with Crippen LogP contribution >= 0.6 is 11.9 Å². The van der Waals surface area contributed by atoms with Gasteiger partial charge in [-0.1, -0.05) is 25.1 Å². The molecule has 2 aromatic heterocycles. The van der Waals surface area contributed by atoms with Crippen LogP contribution in [0.15, 0.2) is 41.3 Å². The van der Waals surface area contributed by atoms with Crippen LogP contribution in [0.4, 0.5) is 17.5 Å². The number of hydrogen-bond acceptors (Lipinski definition) is 9. The Bertz CT molecular complexity index is 1330. The number of benzene rings is 1. The predicted octanol–water partition coefficient (Wildman–Crippen LogP) is 4.95. The number of aromatic nitrogens is 3. The second-order valence-electron chi connectivity index (χ2n) is 10.6. The minimum absolute atomic E-state index is 0.201. The van der Waals surface area contributed by atoms with Crippen molar-refractivity contribution < 1.29 is 9.90 Å². The molecule has 2 aliphatic rings. The summed E-state index contributed by atoms with van der Waals surface area (Å²) in [4.78, 5) is 29.6. The molecular formula is C30H39N7O2S. The van der Waals surface area contributed by atoms with Crippen molar-refractivity contribution in [1.29, 1.82) is 0 Å². The lowest BCUT2D eigenvalue weighted by Crippen LogP contribution is -2.39. The first-order chi connectivity index (χ1) is 19.4. The summed E-state index contributed by atoms with van der Waals surface area (Å²) in [5.41, 5.74) is 4.69. The number of nitrogens with zero attached hydrogens (tertiary/aromatic N) is 4. The lowest BCUT2D eigenvalue weighted by Gasteiger charge is -2.34. The van der Waals surface area contributed by atoms with Crippen LogP contribution in [0.25, 0.3) is 0 Å². The number of piperidine rings is 1. The van der Waals surface area contributed by atoms with Gasteiger partial charge in [-0.3, -0.25) is 4.79 Å². The number of hydrogen-bond donors (Lipinski definition) is 4. The molecule has 3 aromatic rings. The van der Waals surface area contributed by atoms with Crippen LogP contribution in [-0.4, -0.2) is 58.2 Å². The van der Waals surface area contributed by atoms with E-state index in [0.717, 1.165) is 67.4 Å². The first-order valence-corrected chi connectivity index (χ1v) is 15.0. The van der Waals surface area contributed by atoms with Crippen LogP contribution in [0.3, 0.4) is 0 Å². The highest BCUT2D eigenvalue weighted by molar-refractivity contribution is 7.97. The Morgan fingerprint density at radius 2 is 1.90 bits per heavy atom. The summed E-state index contributed by atoms with van der Waals surface area (Å²) < 4.78 is 3.09. The number of fused-ring (bicyclic) bond motifs is 1. The standard InChI is InChI=1S/C30H39N7O2S/c1-4-21-7-10-24(11-8-21)40-36-26(30(38)39)18-32-27-19(2)29(34-20(3)33-27)37-16-13-22(14-17-37)25-12-9-23-6-5-15-31-28(23)35-25/h7-12,22,26,36H,4-6,13-18H2,1-3H3,(H,31,35)(H,38,39)(H,32,33,34)/t26-/m0/s1. The number of anilines is 3. The summed E-state index contributed by atoms with van der Waals surface area (Å²) in [6, 6.07) is 11.8. The molecule has 2 aliphatic heterocycles. The van der Waals surface area contributed by atoms with Gasteiger partial charge in [-0.2, -0.15) is 0 Å². The number of nitrogens with one attached hydrogen (secondary N) is 3. The van der Waals surface area contributed by atoms with E-state index in [-0.39, 0.29) is 6.54 Å². The van der Waals surface area contributed by atoms with Crippen LogP contribution in [0.5, 0.6) is 0 Å². The van der Waals surface area contributed by atoms with Gasteiger partial charge in [0.1, 0.15) is 29.3 Å². The van der Waals surface area contributed by atoms with E-state index in [1.807, 2.05) is 26.0 Å². The summed E-state index contributed by atoms with van der Waals surface area (Å²) in [6.45, 7) is 8.98. The van der Waals surface area contributed by atoms with Crippen molar-refractivity contribution >= 4 is 35.4 Å². The summed E-state index contributed by atoms with van der Waals surface area (Å²) in [6.07, 6.45) is 5.27. The quantitative estimate of drug-likeness (QED) is 0.253. The molecule has 5 rings (SSSR count). The summed E-state index contributed by atoms with van der Waals surface area (Å²) in [5.74, 6) is 2.84. The van der Waals surface area contributed by atoms with Gasteiger partial charge in [0.05, 0.1) is 0 Å². The molecule has 212 valence electrons. The molecule has 0 aliphatic carbocycles. The highest BCUT2D eigenvalue weighted by atomic mass is 32.2. The van der Waals surface area contributed by atoms with Crippen molar-refractivity contribution in [3.63, 3.8) is 0 Å². The molecule has 0 radical (unpaired) electrons. The second-order valence-corrected chi connectivity index (χ2v) is 11.5. The molecule has 0 bridgehead atoms. The lowest BCUT2D eigenvalue weighted by molar-refractivity contribution is -0.138. The van der Waals surface area contributed by atoms with Gasteiger partial charge in [0, 0.05) is 48.2 Å². The van der Waals surface area contributed by atoms with Crippen molar-refractivity contribution in [2.45, 2.75) is 69.7 Å². The number of aryl methyl sites for hydroxylation is 3. The maximum atomic E-state index is 12.0. The predicted molar refractivity (Wildman–Crippen MR) is 161 cm³/mol. The largest absolute Gasteiger partial charge is 0.480 e. The van der Waals surface area contributed by atoms with Crippen molar-refractivity contribution in [3.8, 4) is 0 Å². The Morgan fingerprint density at radius 3 is 2.62 bits per heavy atom. The monoisotopic (exact) mass is 561 g/mol. The van der Waals surface area contributed by atoms with Gasteiger partial charge in [-0.25, -0.2) is 19.7 Å². The molecule has 4 heterocycles. The molecule has 1 saturated heterocycles. The lowest BCUT2D eigenvalue weighted by atomic mass is 9.92. The molecule has 0 unspecified atom stereocenters. The van der Waals surface area contributed by atoms with E-state index in [1.165, 1.54) is 35.2 Å². The highest BCUT2D eigenvalue weighted by Gasteiger charge is 2.26. The number of carboxylic acid groups (broad SMARTS) is 1.